The molecule has 6 nitrogen and oxygen atoms in total. The number of hydrogen-bond donors (Lipinski definition) is 2. The second kappa shape index (κ2) is 8.30. The molecule has 0 aromatic heterocycles. The lowest BCUT2D eigenvalue weighted by Crippen LogP contribution is -3.14. The van der Waals surface area contributed by atoms with Gasteiger partial charge in [0.2, 0.25) is 10.0 Å². The fraction of sp³-hybridized carbons (Fsp3) is 0.600. The average molecular weight is 364 g/mol. The molecule has 23 heavy (non-hydrogen) atoms. The summed E-state index contributed by atoms with van der Waals surface area (Å²) in [7, 11) is -3.66. The normalized spacial score (nSPS) is 16.5. The van der Waals surface area contributed by atoms with Gasteiger partial charge >= 0.3 is 0 Å². The quantitative estimate of drug-likeness (QED) is 0.728. The van der Waals surface area contributed by atoms with Gasteiger partial charge in [-0.15, -0.1) is 0 Å². The van der Waals surface area contributed by atoms with Gasteiger partial charge in [-0.05, 0) is 31.5 Å². The smallest absolute Gasteiger partial charge is 0.244 e. The van der Waals surface area contributed by atoms with E-state index in [1.807, 2.05) is 13.8 Å². The van der Waals surface area contributed by atoms with Crippen LogP contribution in [-0.2, 0) is 14.8 Å². The van der Waals surface area contributed by atoms with Crippen molar-refractivity contribution >= 4 is 21.6 Å². The van der Waals surface area contributed by atoms with Crippen LogP contribution in [0.5, 0.6) is 5.75 Å². The van der Waals surface area contributed by atoms with Crippen LogP contribution in [0.3, 0.4) is 0 Å². The minimum absolute atomic E-state index is 0.0897. The fourth-order valence-electron chi connectivity index (χ4n) is 2.47. The Kier molecular flexibility index (Phi) is 6.67. The number of morpholine rings is 1. The summed E-state index contributed by atoms with van der Waals surface area (Å²) in [6.07, 6.45) is 0. The van der Waals surface area contributed by atoms with Gasteiger partial charge in [0, 0.05) is 5.02 Å². The number of rotatable bonds is 7. The minimum Gasteiger partial charge on any atom is -0.492 e. The summed E-state index contributed by atoms with van der Waals surface area (Å²) >= 11 is 6.08. The van der Waals surface area contributed by atoms with Crippen LogP contribution in [0.4, 0.5) is 0 Å². The Morgan fingerprint density at radius 2 is 2.04 bits per heavy atom. The molecule has 2 N–H and O–H groups in total. The molecule has 0 aliphatic carbocycles. The molecule has 0 radical (unpaired) electrons. The van der Waals surface area contributed by atoms with Gasteiger partial charge in [0.1, 0.15) is 23.7 Å². The number of aryl methyl sites for hydroxylation is 1. The lowest BCUT2D eigenvalue weighted by atomic mass is 10.2. The predicted molar refractivity (Wildman–Crippen MR) is 88.9 cm³/mol. The van der Waals surface area contributed by atoms with Crippen molar-refractivity contribution < 1.29 is 22.8 Å². The van der Waals surface area contributed by atoms with E-state index in [1.165, 1.54) is 11.0 Å². The topological polar surface area (TPSA) is 69.1 Å². The fourth-order valence-corrected chi connectivity index (χ4v) is 3.88. The SMILES string of the molecule is CCOc1cc(C)c(Cl)cc1S(=O)(=O)NCC[NH+]1CCOCC1. The number of ether oxygens (including phenoxy) is 2. The summed E-state index contributed by atoms with van der Waals surface area (Å²) in [5, 5.41) is 0.410. The number of nitrogens with one attached hydrogen (secondary N) is 2. The molecule has 0 spiro atoms. The third-order valence-electron chi connectivity index (χ3n) is 3.78. The number of quaternary nitrogens is 1. The molecule has 2 rings (SSSR count). The summed E-state index contributed by atoms with van der Waals surface area (Å²) in [6.45, 7) is 8.38. The maximum Gasteiger partial charge on any atom is 0.244 e. The Morgan fingerprint density at radius 3 is 2.70 bits per heavy atom. The van der Waals surface area contributed by atoms with Gasteiger partial charge < -0.3 is 14.4 Å². The molecule has 1 saturated heterocycles. The highest BCUT2D eigenvalue weighted by Crippen LogP contribution is 2.30. The van der Waals surface area contributed by atoms with E-state index in [9.17, 15) is 8.42 Å². The van der Waals surface area contributed by atoms with Crippen LogP contribution in [0.25, 0.3) is 0 Å². The van der Waals surface area contributed by atoms with Crippen molar-refractivity contribution in [3.63, 3.8) is 0 Å². The zero-order valence-electron chi connectivity index (χ0n) is 13.5. The average Bonchev–Trinajstić information content (AvgIpc) is 2.51. The largest absolute Gasteiger partial charge is 0.492 e. The first-order chi connectivity index (χ1) is 10.9. The summed E-state index contributed by atoms with van der Waals surface area (Å²) < 4.78 is 38.5. The zero-order valence-corrected chi connectivity index (χ0v) is 15.1. The monoisotopic (exact) mass is 363 g/mol. The molecule has 1 heterocycles. The van der Waals surface area contributed by atoms with Crippen molar-refractivity contribution in [2.24, 2.45) is 0 Å². The van der Waals surface area contributed by atoms with E-state index < -0.39 is 10.0 Å². The minimum atomic E-state index is -3.66. The van der Waals surface area contributed by atoms with E-state index in [2.05, 4.69) is 4.72 Å². The molecule has 1 fully saturated rings. The van der Waals surface area contributed by atoms with Crippen LogP contribution < -0.4 is 14.4 Å². The first-order valence-electron chi connectivity index (χ1n) is 7.78. The Balaban J connectivity index is 2.07. The second-order valence-electron chi connectivity index (χ2n) is 5.49. The maximum absolute atomic E-state index is 12.5. The molecule has 1 aliphatic rings. The molecule has 0 amide bonds. The zero-order chi connectivity index (χ0) is 16.9. The molecular weight excluding hydrogens is 340 g/mol. The first-order valence-corrected chi connectivity index (χ1v) is 9.64. The highest BCUT2D eigenvalue weighted by molar-refractivity contribution is 7.89. The van der Waals surface area contributed by atoms with Crippen molar-refractivity contribution in [3.8, 4) is 5.75 Å². The molecule has 1 aliphatic heterocycles. The van der Waals surface area contributed by atoms with Crippen molar-refractivity contribution in [3.05, 3.63) is 22.7 Å². The highest BCUT2D eigenvalue weighted by Gasteiger charge is 2.22. The Bertz CT molecular complexity index is 631. The van der Waals surface area contributed by atoms with Crippen LogP contribution in [-0.4, -0.2) is 54.4 Å². The van der Waals surface area contributed by atoms with Crippen LogP contribution in [0.2, 0.25) is 5.02 Å². The molecule has 8 heteroatoms. The second-order valence-corrected chi connectivity index (χ2v) is 7.63. The Hall–Kier alpha value is -0.860. The molecular formula is C15H24ClN2O4S+. The molecule has 0 bridgehead atoms. The van der Waals surface area contributed by atoms with E-state index in [1.54, 1.807) is 6.07 Å². The molecule has 0 unspecified atom stereocenters. The van der Waals surface area contributed by atoms with E-state index in [4.69, 9.17) is 21.1 Å². The third kappa shape index (κ3) is 5.06. The highest BCUT2D eigenvalue weighted by atomic mass is 35.5. The molecule has 130 valence electrons. The Morgan fingerprint density at radius 1 is 1.35 bits per heavy atom. The lowest BCUT2D eigenvalue weighted by molar-refractivity contribution is -0.906. The number of benzene rings is 1. The molecule has 0 atom stereocenters. The van der Waals surface area contributed by atoms with Crippen LogP contribution in [0.15, 0.2) is 17.0 Å². The van der Waals surface area contributed by atoms with Gasteiger partial charge in [-0.25, -0.2) is 13.1 Å². The summed E-state index contributed by atoms with van der Waals surface area (Å²) in [5.41, 5.74) is 0.784. The van der Waals surface area contributed by atoms with Gasteiger partial charge in [0.15, 0.2) is 0 Å². The van der Waals surface area contributed by atoms with Crippen LogP contribution in [0, 0.1) is 6.92 Å². The molecule has 1 aromatic carbocycles. The summed E-state index contributed by atoms with van der Waals surface area (Å²) in [6, 6.07) is 3.11. The van der Waals surface area contributed by atoms with E-state index >= 15 is 0 Å². The van der Waals surface area contributed by atoms with Gasteiger partial charge in [-0.2, -0.15) is 0 Å². The lowest BCUT2D eigenvalue weighted by Gasteiger charge is -2.23. The number of hydrogen-bond acceptors (Lipinski definition) is 4. The Labute approximate surface area is 142 Å². The van der Waals surface area contributed by atoms with E-state index in [0.29, 0.717) is 23.9 Å². The van der Waals surface area contributed by atoms with Gasteiger partial charge in [0.05, 0.1) is 32.9 Å². The van der Waals surface area contributed by atoms with Gasteiger partial charge in [-0.1, -0.05) is 11.6 Å². The van der Waals surface area contributed by atoms with Gasteiger partial charge in [-0.3, -0.25) is 0 Å². The van der Waals surface area contributed by atoms with Crippen molar-refractivity contribution in [1.82, 2.24) is 4.72 Å². The van der Waals surface area contributed by atoms with E-state index in [-0.39, 0.29) is 4.90 Å². The van der Waals surface area contributed by atoms with Gasteiger partial charge in [0.25, 0.3) is 0 Å². The van der Waals surface area contributed by atoms with Crippen molar-refractivity contribution in [2.45, 2.75) is 18.7 Å². The van der Waals surface area contributed by atoms with Crippen LogP contribution >= 0.6 is 11.6 Å². The summed E-state index contributed by atoms with van der Waals surface area (Å²) in [5.74, 6) is 0.334. The van der Waals surface area contributed by atoms with Crippen LogP contribution in [0.1, 0.15) is 12.5 Å². The maximum atomic E-state index is 12.5. The summed E-state index contributed by atoms with van der Waals surface area (Å²) in [4.78, 5) is 1.43. The van der Waals surface area contributed by atoms with Crippen molar-refractivity contribution in [1.29, 1.82) is 0 Å². The number of halogens is 1. The number of sulfonamides is 1. The molecule has 1 aromatic rings. The van der Waals surface area contributed by atoms with E-state index in [0.717, 1.165) is 38.4 Å². The third-order valence-corrected chi connectivity index (χ3v) is 5.67. The first kappa shape index (κ1) is 18.5. The predicted octanol–water partition coefficient (Wildman–Crippen LogP) is 0.241. The standard InChI is InChI=1S/C15H23ClN2O4S/c1-3-22-14-10-12(2)13(16)11-15(14)23(19,20)17-4-5-18-6-8-21-9-7-18/h10-11,17H,3-9H2,1-2H3/p+1. The van der Waals surface area contributed by atoms with Crippen molar-refractivity contribution in [2.75, 3.05) is 46.0 Å². The molecule has 0 saturated carbocycles.